The van der Waals surface area contributed by atoms with Crippen molar-refractivity contribution in [1.29, 1.82) is 0 Å². The molecule has 1 N–H and O–H groups in total. The number of aromatic nitrogens is 1. The largest absolute Gasteiger partial charge is 0.497 e. The zero-order valence-corrected chi connectivity index (χ0v) is 13.2. The van der Waals surface area contributed by atoms with Gasteiger partial charge in [-0.15, -0.1) is 0 Å². The summed E-state index contributed by atoms with van der Waals surface area (Å²) in [5.74, 6) is 0.931. The first-order valence-corrected chi connectivity index (χ1v) is 8.32. The third kappa shape index (κ3) is 2.50. The number of benzene rings is 1. The number of ether oxygens (including phenoxy) is 2. The van der Waals surface area contributed by atoms with Crippen LogP contribution in [0.4, 0.5) is 0 Å². The third-order valence-electron chi connectivity index (χ3n) is 5.23. The first-order chi connectivity index (χ1) is 10.8. The molecule has 4 rings (SSSR count). The van der Waals surface area contributed by atoms with Crippen LogP contribution in [0.2, 0.25) is 0 Å². The van der Waals surface area contributed by atoms with Crippen LogP contribution in [0.5, 0.6) is 5.75 Å². The van der Waals surface area contributed by atoms with E-state index in [-0.39, 0.29) is 0 Å². The Morgan fingerprint density at radius 2 is 2.32 bits per heavy atom. The molecule has 0 unspecified atom stereocenters. The Morgan fingerprint density at radius 3 is 3.14 bits per heavy atom. The van der Waals surface area contributed by atoms with E-state index >= 15 is 0 Å². The van der Waals surface area contributed by atoms with Crippen LogP contribution < -0.4 is 4.74 Å². The summed E-state index contributed by atoms with van der Waals surface area (Å²) >= 11 is 0. The molecule has 2 aliphatic rings. The summed E-state index contributed by atoms with van der Waals surface area (Å²) in [6, 6.07) is 7.55. The summed E-state index contributed by atoms with van der Waals surface area (Å²) in [6.07, 6.45) is 7.09. The molecule has 0 spiro atoms. The molecule has 0 aliphatic carbocycles. The smallest absolute Gasteiger partial charge is 0.119 e. The average Bonchev–Trinajstić information content (AvgIpc) is 3.27. The molecule has 2 aromatic rings. The number of aromatic amines is 1. The molecule has 2 saturated heterocycles. The number of methoxy groups -OCH3 is 1. The lowest BCUT2D eigenvalue weighted by atomic mass is 10.0. The molecule has 0 amide bonds. The average molecular weight is 300 g/mol. The molecule has 118 valence electrons. The SMILES string of the molecule is COc1ccc2[nH]cc(C[C@H]3CCCN3[C@@H]3CCOC3)c2c1. The highest BCUT2D eigenvalue weighted by atomic mass is 16.5. The van der Waals surface area contributed by atoms with Gasteiger partial charge in [-0.1, -0.05) is 0 Å². The van der Waals surface area contributed by atoms with Gasteiger partial charge in [-0.2, -0.15) is 0 Å². The second-order valence-corrected chi connectivity index (χ2v) is 6.48. The number of nitrogens with one attached hydrogen (secondary N) is 1. The number of H-pyrrole nitrogens is 1. The fourth-order valence-corrected chi connectivity index (χ4v) is 4.05. The molecular weight excluding hydrogens is 276 g/mol. The Hall–Kier alpha value is -1.52. The summed E-state index contributed by atoms with van der Waals surface area (Å²) in [4.78, 5) is 6.09. The van der Waals surface area contributed by atoms with Gasteiger partial charge in [0.1, 0.15) is 5.75 Å². The van der Waals surface area contributed by atoms with Crippen molar-refractivity contribution in [2.75, 3.05) is 26.9 Å². The normalized spacial score (nSPS) is 26.0. The molecule has 0 radical (unpaired) electrons. The van der Waals surface area contributed by atoms with E-state index in [9.17, 15) is 0 Å². The summed E-state index contributed by atoms with van der Waals surface area (Å²) in [7, 11) is 1.73. The van der Waals surface area contributed by atoms with Crippen molar-refractivity contribution < 1.29 is 9.47 Å². The Balaban J connectivity index is 1.57. The minimum absolute atomic E-state index is 0.632. The second-order valence-electron chi connectivity index (χ2n) is 6.48. The highest BCUT2D eigenvalue weighted by molar-refractivity contribution is 5.84. The van der Waals surface area contributed by atoms with Crippen molar-refractivity contribution >= 4 is 10.9 Å². The molecule has 1 aromatic carbocycles. The lowest BCUT2D eigenvalue weighted by molar-refractivity contribution is 0.135. The van der Waals surface area contributed by atoms with Crippen LogP contribution in [0.15, 0.2) is 24.4 Å². The molecule has 3 heterocycles. The van der Waals surface area contributed by atoms with Crippen LogP contribution in [0.1, 0.15) is 24.8 Å². The maximum atomic E-state index is 5.59. The van der Waals surface area contributed by atoms with Crippen molar-refractivity contribution in [3.05, 3.63) is 30.0 Å². The predicted molar refractivity (Wildman–Crippen MR) is 87.5 cm³/mol. The minimum Gasteiger partial charge on any atom is -0.497 e. The number of hydrogen-bond donors (Lipinski definition) is 1. The van der Waals surface area contributed by atoms with E-state index in [1.807, 2.05) is 6.07 Å². The third-order valence-corrected chi connectivity index (χ3v) is 5.23. The Labute approximate surface area is 131 Å². The number of likely N-dealkylation sites (tertiary alicyclic amines) is 1. The highest BCUT2D eigenvalue weighted by Crippen LogP contribution is 2.30. The van der Waals surface area contributed by atoms with E-state index in [0.29, 0.717) is 12.1 Å². The van der Waals surface area contributed by atoms with Crippen LogP contribution in [0.3, 0.4) is 0 Å². The van der Waals surface area contributed by atoms with Crippen LogP contribution in [-0.4, -0.2) is 48.8 Å². The Morgan fingerprint density at radius 1 is 1.36 bits per heavy atom. The van der Waals surface area contributed by atoms with E-state index in [1.54, 1.807) is 7.11 Å². The first kappa shape index (κ1) is 14.1. The van der Waals surface area contributed by atoms with Crippen LogP contribution in [-0.2, 0) is 11.2 Å². The number of hydrogen-bond acceptors (Lipinski definition) is 3. The fourth-order valence-electron chi connectivity index (χ4n) is 4.05. The van der Waals surface area contributed by atoms with Gasteiger partial charge in [0.25, 0.3) is 0 Å². The summed E-state index contributed by atoms with van der Waals surface area (Å²) in [6.45, 7) is 3.07. The highest BCUT2D eigenvalue weighted by Gasteiger charge is 2.33. The van der Waals surface area contributed by atoms with Crippen LogP contribution in [0, 0.1) is 0 Å². The van der Waals surface area contributed by atoms with Gasteiger partial charge >= 0.3 is 0 Å². The minimum atomic E-state index is 0.632. The van der Waals surface area contributed by atoms with Gasteiger partial charge in [-0.05, 0) is 56.0 Å². The van der Waals surface area contributed by atoms with Crippen molar-refractivity contribution in [3.8, 4) is 5.75 Å². The molecule has 0 saturated carbocycles. The van der Waals surface area contributed by atoms with Crippen molar-refractivity contribution in [3.63, 3.8) is 0 Å². The van der Waals surface area contributed by atoms with E-state index in [2.05, 4.69) is 28.2 Å². The van der Waals surface area contributed by atoms with Gasteiger partial charge in [-0.3, -0.25) is 4.90 Å². The monoisotopic (exact) mass is 300 g/mol. The molecule has 4 heteroatoms. The van der Waals surface area contributed by atoms with Gasteiger partial charge in [0.2, 0.25) is 0 Å². The molecule has 22 heavy (non-hydrogen) atoms. The van der Waals surface area contributed by atoms with Crippen LogP contribution in [0.25, 0.3) is 10.9 Å². The molecule has 4 nitrogen and oxygen atoms in total. The van der Waals surface area contributed by atoms with Crippen molar-refractivity contribution in [2.45, 2.75) is 37.8 Å². The molecule has 2 fully saturated rings. The van der Waals surface area contributed by atoms with Gasteiger partial charge in [-0.25, -0.2) is 0 Å². The molecule has 1 aromatic heterocycles. The van der Waals surface area contributed by atoms with Gasteiger partial charge in [0, 0.05) is 35.8 Å². The Kier molecular flexibility index (Phi) is 3.80. The lowest BCUT2D eigenvalue weighted by Crippen LogP contribution is -2.40. The molecule has 0 bridgehead atoms. The second kappa shape index (κ2) is 5.94. The standard InChI is InChI=1S/C18H24N2O2/c1-21-16-4-5-18-17(10-16)13(11-19-18)9-14-3-2-7-20(14)15-6-8-22-12-15/h4-5,10-11,14-15,19H,2-3,6-9,12H2,1H3/t14-,15-/m1/s1. The summed E-state index contributed by atoms with van der Waals surface area (Å²) in [5.41, 5.74) is 2.61. The quantitative estimate of drug-likeness (QED) is 0.943. The summed E-state index contributed by atoms with van der Waals surface area (Å²) in [5, 5.41) is 1.30. The van der Waals surface area contributed by atoms with Gasteiger partial charge < -0.3 is 14.5 Å². The number of nitrogens with zero attached hydrogens (tertiary/aromatic N) is 1. The maximum absolute atomic E-state index is 5.59. The maximum Gasteiger partial charge on any atom is 0.119 e. The van der Waals surface area contributed by atoms with Crippen LogP contribution >= 0.6 is 0 Å². The van der Waals surface area contributed by atoms with E-state index in [0.717, 1.165) is 25.4 Å². The first-order valence-electron chi connectivity index (χ1n) is 8.32. The van der Waals surface area contributed by atoms with Gasteiger partial charge in [0.15, 0.2) is 0 Å². The number of fused-ring (bicyclic) bond motifs is 1. The molecule has 2 aliphatic heterocycles. The topological polar surface area (TPSA) is 37.5 Å². The summed E-state index contributed by atoms with van der Waals surface area (Å²) < 4.78 is 11.0. The fraction of sp³-hybridized carbons (Fsp3) is 0.556. The molecule has 2 atom stereocenters. The van der Waals surface area contributed by atoms with Crippen molar-refractivity contribution in [2.24, 2.45) is 0 Å². The zero-order valence-electron chi connectivity index (χ0n) is 13.2. The van der Waals surface area contributed by atoms with E-state index in [1.165, 1.54) is 42.3 Å². The van der Waals surface area contributed by atoms with E-state index < -0.39 is 0 Å². The Bertz CT molecular complexity index is 646. The predicted octanol–water partition coefficient (Wildman–Crippen LogP) is 2.97. The van der Waals surface area contributed by atoms with Crippen molar-refractivity contribution in [1.82, 2.24) is 9.88 Å². The van der Waals surface area contributed by atoms with Gasteiger partial charge in [0.05, 0.1) is 13.7 Å². The lowest BCUT2D eigenvalue weighted by Gasteiger charge is -2.29. The molecular formula is C18H24N2O2. The number of rotatable bonds is 4. The van der Waals surface area contributed by atoms with E-state index in [4.69, 9.17) is 9.47 Å². The zero-order chi connectivity index (χ0) is 14.9.